The fourth-order valence-corrected chi connectivity index (χ4v) is 4.94. The highest BCUT2D eigenvalue weighted by Gasteiger charge is 2.25. The second kappa shape index (κ2) is 35.3. The van der Waals surface area contributed by atoms with Gasteiger partial charge in [0.05, 0.1) is 40.3 Å². The highest BCUT2D eigenvalue weighted by Crippen LogP contribution is 2.10. The smallest absolute Gasteiger partial charge is 0.306 e. The molecule has 0 aliphatic carbocycles. The molecule has 0 aromatic heterocycles. The lowest BCUT2D eigenvalue weighted by atomic mass is 10.1. The summed E-state index contributed by atoms with van der Waals surface area (Å²) in [5.41, 5.74) is 0. The summed E-state index contributed by atoms with van der Waals surface area (Å²) in [6.45, 7) is 4.28. The van der Waals surface area contributed by atoms with Crippen molar-refractivity contribution in [3.8, 4) is 0 Å². The molecule has 0 saturated carbocycles. The molecular weight excluding hydrogens is 666 g/mol. The van der Waals surface area contributed by atoms with Crippen LogP contribution in [0.3, 0.4) is 0 Å². The van der Waals surface area contributed by atoms with E-state index in [2.05, 4.69) is 111 Å². The molecule has 0 aromatic rings. The topological polar surface area (TPSA) is 102 Å². The van der Waals surface area contributed by atoms with Gasteiger partial charge in [0.15, 0.2) is 6.10 Å². The molecular formula is C45H71NO7. The summed E-state index contributed by atoms with van der Waals surface area (Å²) < 4.78 is 17.0. The van der Waals surface area contributed by atoms with Gasteiger partial charge in [0.25, 0.3) is 0 Å². The number of hydrogen-bond acceptors (Lipinski definition) is 7. The van der Waals surface area contributed by atoms with Crippen molar-refractivity contribution in [3.63, 3.8) is 0 Å². The number of carboxylic acids is 1. The number of carboxylic acid groups (broad SMARTS) is 1. The molecule has 0 N–H and O–H groups in total. The van der Waals surface area contributed by atoms with E-state index in [9.17, 15) is 19.5 Å². The van der Waals surface area contributed by atoms with Crippen molar-refractivity contribution >= 4 is 17.9 Å². The third kappa shape index (κ3) is 33.8. The molecule has 8 nitrogen and oxygen atoms in total. The SMILES string of the molecule is CC/C=C/C/C=C/C/C=C/C/C=C/C/C=C/C/C=C/CCCC(=O)OCC(COCCC(C(=O)[O-])[N+](C)(C)C)OC(=O)CCCC/C=C/C/C=C/CC. The maximum Gasteiger partial charge on any atom is 0.306 e. The maximum atomic E-state index is 12.6. The minimum Gasteiger partial charge on any atom is -0.544 e. The van der Waals surface area contributed by atoms with E-state index in [-0.39, 0.29) is 55.5 Å². The van der Waals surface area contributed by atoms with Gasteiger partial charge in [-0.05, 0) is 83.5 Å². The zero-order valence-corrected chi connectivity index (χ0v) is 33.6. The third-order valence-electron chi connectivity index (χ3n) is 7.97. The van der Waals surface area contributed by atoms with E-state index in [4.69, 9.17) is 14.2 Å². The van der Waals surface area contributed by atoms with Crippen LogP contribution in [0.5, 0.6) is 0 Å². The monoisotopic (exact) mass is 738 g/mol. The van der Waals surface area contributed by atoms with Gasteiger partial charge >= 0.3 is 11.9 Å². The van der Waals surface area contributed by atoms with Gasteiger partial charge in [-0.25, -0.2) is 0 Å². The summed E-state index contributed by atoms with van der Waals surface area (Å²) in [4.78, 5) is 36.6. The molecule has 0 saturated heterocycles. The van der Waals surface area contributed by atoms with Crippen LogP contribution in [0.2, 0.25) is 0 Å². The van der Waals surface area contributed by atoms with Gasteiger partial charge < -0.3 is 28.6 Å². The molecule has 53 heavy (non-hydrogen) atoms. The predicted octanol–water partition coefficient (Wildman–Crippen LogP) is 9.01. The molecule has 0 amide bonds. The molecule has 0 aliphatic rings. The average molecular weight is 738 g/mol. The summed E-state index contributed by atoms with van der Waals surface area (Å²) in [7, 11) is 5.35. The van der Waals surface area contributed by atoms with E-state index in [1.807, 2.05) is 0 Å². The Morgan fingerprint density at radius 2 is 1.00 bits per heavy atom. The van der Waals surface area contributed by atoms with Crippen LogP contribution in [0.4, 0.5) is 0 Å². The second-order valence-electron chi connectivity index (χ2n) is 13.7. The quantitative estimate of drug-likeness (QED) is 0.0287. The van der Waals surface area contributed by atoms with E-state index < -0.39 is 18.1 Å². The van der Waals surface area contributed by atoms with E-state index in [0.29, 0.717) is 12.8 Å². The molecule has 2 unspecified atom stereocenters. The van der Waals surface area contributed by atoms with Crippen molar-refractivity contribution in [2.75, 3.05) is 41.0 Å². The molecule has 0 heterocycles. The van der Waals surface area contributed by atoms with Crippen LogP contribution in [-0.4, -0.2) is 75.5 Å². The number of aliphatic carboxylic acids is 1. The number of carbonyl (C=O) groups excluding carboxylic acids is 3. The van der Waals surface area contributed by atoms with Crippen LogP contribution in [0, 0.1) is 0 Å². The normalized spacial score (nSPS) is 14.1. The summed E-state index contributed by atoms with van der Waals surface area (Å²) in [6, 6.07) is -0.744. The van der Waals surface area contributed by atoms with Gasteiger partial charge in [-0.2, -0.15) is 0 Å². The number of rotatable bonds is 33. The summed E-state index contributed by atoms with van der Waals surface area (Å²) in [5.74, 6) is -1.88. The van der Waals surface area contributed by atoms with Crippen molar-refractivity contribution in [3.05, 3.63) is 97.2 Å². The minimum absolute atomic E-state index is 0.00246. The number of allylic oxidation sites excluding steroid dienone is 16. The molecule has 8 heteroatoms. The number of hydrogen-bond donors (Lipinski definition) is 0. The van der Waals surface area contributed by atoms with Crippen LogP contribution in [-0.2, 0) is 28.6 Å². The van der Waals surface area contributed by atoms with Crippen LogP contribution >= 0.6 is 0 Å². The molecule has 0 aliphatic heterocycles. The number of quaternary nitrogens is 1. The lowest BCUT2D eigenvalue weighted by Crippen LogP contribution is -2.55. The van der Waals surface area contributed by atoms with Crippen molar-refractivity contribution in [1.82, 2.24) is 0 Å². The standard InChI is InChI=1S/C45H71NO7/c1-6-8-10-12-14-16-17-18-19-20-21-22-23-24-25-26-28-29-31-33-35-43(47)52-40-41(39-51-38-37-42(45(49)50)46(3,4)5)53-44(48)36-34-32-30-27-15-13-11-9-7-2/h8-11,14-16,18-19,21-22,24-25,27-29,41-42H,6-7,12-13,17,20,23,26,30-40H2,1-5H3/b10-8+,11-9+,16-14+,19-18+,22-21+,25-24+,27-15+,29-28+. The molecule has 0 radical (unpaired) electrons. The second-order valence-corrected chi connectivity index (χ2v) is 13.7. The third-order valence-corrected chi connectivity index (χ3v) is 7.97. The molecule has 0 aromatic carbocycles. The largest absolute Gasteiger partial charge is 0.544 e. The van der Waals surface area contributed by atoms with E-state index >= 15 is 0 Å². The first-order chi connectivity index (χ1) is 25.6. The zero-order chi connectivity index (χ0) is 39.3. The van der Waals surface area contributed by atoms with E-state index in [1.165, 1.54) is 0 Å². The summed E-state index contributed by atoms with van der Waals surface area (Å²) in [6.07, 6.45) is 46.0. The van der Waals surface area contributed by atoms with Crippen molar-refractivity contribution in [2.24, 2.45) is 0 Å². The van der Waals surface area contributed by atoms with Gasteiger partial charge in [-0.15, -0.1) is 0 Å². The van der Waals surface area contributed by atoms with Crippen LogP contribution < -0.4 is 5.11 Å². The number of carbonyl (C=O) groups is 3. The Balaban J connectivity index is 4.48. The number of likely N-dealkylation sites (N-methyl/N-ethyl adjacent to an activating group) is 1. The van der Waals surface area contributed by atoms with E-state index in [1.54, 1.807) is 21.1 Å². The number of nitrogens with zero attached hydrogens (tertiary/aromatic N) is 1. The Labute approximate surface area is 322 Å². The van der Waals surface area contributed by atoms with Gasteiger partial charge in [-0.1, -0.05) is 111 Å². The molecule has 2 atom stereocenters. The maximum absolute atomic E-state index is 12.6. The first-order valence-electron chi connectivity index (χ1n) is 19.8. The number of esters is 2. The fraction of sp³-hybridized carbons (Fsp3) is 0.578. The number of ether oxygens (including phenoxy) is 3. The van der Waals surface area contributed by atoms with Crippen molar-refractivity contribution < 1.29 is 38.2 Å². The lowest BCUT2D eigenvalue weighted by molar-refractivity contribution is -0.889. The zero-order valence-electron chi connectivity index (χ0n) is 33.6. The van der Waals surface area contributed by atoms with Gasteiger partial charge in [0.1, 0.15) is 12.6 Å². The number of unbranched alkanes of at least 4 members (excludes halogenated alkanes) is 3. The summed E-state index contributed by atoms with van der Waals surface area (Å²) in [5, 5.41) is 11.6. The molecule has 298 valence electrons. The van der Waals surface area contributed by atoms with Crippen LogP contribution in [0.1, 0.15) is 117 Å². The highest BCUT2D eigenvalue weighted by molar-refractivity contribution is 5.70. The van der Waals surface area contributed by atoms with Gasteiger partial charge in [0, 0.05) is 19.3 Å². The molecule has 0 fully saturated rings. The Morgan fingerprint density at radius 1 is 0.566 bits per heavy atom. The minimum atomic E-state index is -1.14. The van der Waals surface area contributed by atoms with Gasteiger partial charge in [-0.3, -0.25) is 9.59 Å². The van der Waals surface area contributed by atoms with Crippen LogP contribution in [0.15, 0.2) is 97.2 Å². The predicted molar refractivity (Wildman–Crippen MR) is 217 cm³/mol. The Morgan fingerprint density at radius 3 is 1.45 bits per heavy atom. The molecule has 0 bridgehead atoms. The van der Waals surface area contributed by atoms with Gasteiger partial charge in [0.2, 0.25) is 0 Å². The molecule has 0 spiro atoms. The molecule has 0 rings (SSSR count). The van der Waals surface area contributed by atoms with Crippen molar-refractivity contribution in [2.45, 2.75) is 129 Å². The Hall–Kier alpha value is -3.75. The average Bonchev–Trinajstić information content (AvgIpc) is 3.11. The van der Waals surface area contributed by atoms with Crippen LogP contribution in [0.25, 0.3) is 0 Å². The first kappa shape index (κ1) is 49.2. The first-order valence-corrected chi connectivity index (χ1v) is 19.8. The Bertz CT molecular complexity index is 1180. The van der Waals surface area contributed by atoms with Crippen molar-refractivity contribution in [1.29, 1.82) is 0 Å². The lowest BCUT2D eigenvalue weighted by Gasteiger charge is -2.34. The van der Waals surface area contributed by atoms with E-state index in [0.717, 1.165) is 70.6 Å². The fourth-order valence-electron chi connectivity index (χ4n) is 4.94. The highest BCUT2D eigenvalue weighted by atomic mass is 16.6. The summed E-state index contributed by atoms with van der Waals surface area (Å²) >= 11 is 0. The Kier molecular flexibility index (Phi) is 32.8.